The smallest absolute Gasteiger partial charge is 0.367 e. The van der Waals surface area contributed by atoms with Crippen molar-refractivity contribution in [1.29, 1.82) is 0 Å². The van der Waals surface area contributed by atoms with Gasteiger partial charge in [-0.1, -0.05) is 0 Å². The van der Waals surface area contributed by atoms with E-state index in [1.807, 2.05) is 0 Å². The van der Waals surface area contributed by atoms with Crippen LogP contribution in [-0.4, -0.2) is 10.9 Å². The highest BCUT2D eigenvalue weighted by atomic mass is 19.4. The molecule has 0 aliphatic heterocycles. The molecule has 0 spiro atoms. The Morgan fingerprint density at radius 2 is 1.84 bits per heavy atom. The van der Waals surface area contributed by atoms with Crippen molar-refractivity contribution < 1.29 is 18.0 Å². The molecule has 0 radical (unpaired) electrons. The number of alkyl halides is 3. The Morgan fingerprint density at radius 1 is 1.16 bits per heavy atom. The molecule has 2 aromatic rings. The first-order chi connectivity index (χ1) is 8.95. The van der Waals surface area contributed by atoms with Crippen LogP contribution in [0.3, 0.4) is 0 Å². The zero-order chi connectivity index (χ0) is 13.9. The minimum atomic E-state index is -4.37. The lowest BCUT2D eigenvalue weighted by Crippen LogP contribution is -2.14. The average Bonchev–Trinajstić information content (AvgIpc) is 2.81. The lowest BCUT2D eigenvalue weighted by molar-refractivity contribution is -0.137. The van der Waals surface area contributed by atoms with Gasteiger partial charge in [-0.15, -0.1) is 0 Å². The molecule has 19 heavy (non-hydrogen) atoms. The lowest BCUT2D eigenvalue weighted by atomic mass is 10.2. The van der Waals surface area contributed by atoms with Crippen molar-refractivity contribution in [3.63, 3.8) is 0 Å². The molecular weight excluding hydrogens is 257 g/mol. The maximum Gasteiger partial charge on any atom is 0.416 e. The van der Waals surface area contributed by atoms with E-state index in [-0.39, 0.29) is 12.3 Å². The van der Waals surface area contributed by atoms with E-state index in [1.54, 1.807) is 18.5 Å². The SMILES string of the molecule is O=C(Cc1cc[nH]c1)Nc1ccc(C(F)(F)F)cc1. The highest BCUT2D eigenvalue weighted by Gasteiger charge is 2.29. The van der Waals surface area contributed by atoms with Crippen molar-refractivity contribution in [1.82, 2.24) is 4.98 Å². The molecule has 0 fully saturated rings. The molecule has 0 saturated carbocycles. The average molecular weight is 268 g/mol. The molecule has 0 aliphatic carbocycles. The standard InChI is InChI=1S/C13H11F3N2O/c14-13(15,16)10-1-3-11(4-2-10)18-12(19)7-9-5-6-17-8-9/h1-6,8,17H,7H2,(H,18,19). The van der Waals surface area contributed by atoms with Crippen LogP contribution in [0.15, 0.2) is 42.7 Å². The van der Waals surface area contributed by atoms with Crippen LogP contribution in [0.2, 0.25) is 0 Å². The zero-order valence-electron chi connectivity index (χ0n) is 9.79. The lowest BCUT2D eigenvalue weighted by Gasteiger charge is -2.08. The number of hydrogen-bond donors (Lipinski definition) is 2. The van der Waals surface area contributed by atoms with E-state index >= 15 is 0 Å². The first-order valence-electron chi connectivity index (χ1n) is 5.54. The van der Waals surface area contributed by atoms with E-state index in [4.69, 9.17) is 0 Å². The molecule has 0 bridgehead atoms. The van der Waals surface area contributed by atoms with E-state index in [0.717, 1.165) is 17.7 Å². The van der Waals surface area contributed by atoms with Crippen LogP contribution in [0.5, 0.6) is 0 Å². The van der Waals surface area contributed by atoms with Gasteiger partial charge in [0.1, 0.15) is 0 Å². The van der Waals surface area contributed by atoms with Crippen LogP contribution in [0, 0.1) is 0 Å². The number of rotatable bonds is 3. The van der Waals surface area contributed by atoms with E-state index in [0.29, 0.717) is 5.69 Å². The number of carbonyl (C=O) groups is 1. The summed E-state index contributed by atoms with van der Waals surface area (Å²) in [5.74, 6) is -0.278. The molecule has 100 valence electrons. The van der Waals surface area contributed by atoms with Crippen molar-refractivity contribution in [3.8, 4) is 0 Å². The highest BCUT2D eigenvalue weighted by Crippen LogP contribution is 2.29. The summed E-state index contributed by atoms with van der Waals surface area (Å²) in [7, 11) is 0. The van der Waals surface area contributed by atoms with Crippen molar-refractivity contribution in [2.75, 3.05) is 5.32 Å². The molecule has 1 amide bonds. The topological polar surface area (TPSA) is 44.9 Å². The second kappa shape index (κ2) is 5.17. The Hall–Kier alpha value is -2.24. The third kappa shape index (κ3) is 3.61. The summed E-state index contributed by atoms with van der Waals surface area (Å²) in [4.78, 5) is 14.4. The Kier molecular flexibility index (Phi) is 3.59. The van der Waals surface area contributed by atoms with Gasteiger partial charge in [-0.2, -0.15) is 13.2 Å². The van der Waals surface area contributed by atoms with Crippen LogP contribution in [0.4, 0.5) is 18.9 Å². The molecule has 0 aliphatic rings. The molecule has 2 N–H and O–H groups in total. The Labute approximate surface area is 107 Å². The molecule has 0 unspecified atom stereocenters. The maximum absolute atomic E-state index is 12.3. The van der Waals surface area contributed by atoms with E-state index in [2.05, 4.69) is 10.3 Å². The van der Waals surface area contributed by atoms with Gasteiger partial charge in [-0.25, -0.2) is 0 Å². The second-order valence-electron chi connectivity index (χ2n) is 4.02. The van der Waals surface area contributed by atoms with Gasteiger partial charge in [0.15, 0.2) is 0 Å². The normalized spacial score (nSPS) is 11.3. The number of carbonyl (C=O) groups excluding carboxylic acids is 1. The molecular formula is C13H11F3N2O. The summed E-state index contributed by atoms with van der Waals surface area (Å²) in [6.07, 6.45) is -0.814. The van der Waals surface area contributed by atoms with Gasteiger partial charge in [-0.3, -0.25) is 4.79 Å². The Bertz CT molecular complexity index is 544. The molecule has 3 nitrogen and oxygen atoms in total. The summed E-state index contributed by atoms with van der Waals surface area (Å²) in [6, 6.07) is 6.10. The summed E-state index contributed by atoms with van der Waals surface area (Å²) >= 11 is 0. The molecule has 1 heterocycles. The molecule has 6 heteroatoms. The van der Waals surface area contributed by atoms with Gasteiger partial charge in [0.05, 0.1) is 12.0 Å². The summed E-state index contributed by atoms with van der Waals surface area (Å²) in [6.45, 7) is 0. The fraction of sp³-hybridized carbons (Fsp3) is 0.154. The highest BCUT2D eigenvalue weighted by molar-refractivity contribution is 5.92. The van der Waals surface area contributed by atoms with Crippen LogP contribution < -0.4 is 5.32 Å². The molecule has 0 saturated heterocycles. The first kappa shape index (κ1) is 13.2. The second-order valence-corrected chi connectivity index (χ2v) is 4.02. The van der Waals surface area contributed by atoms with Gasteiger partial charge >= 0.3 is 6.18 Å². The van der Waals surface area contributed by atoms with Crippen LogP contribution in [0.1, 0.15) is 11.1 Å². The quantitative estimate of drug-likeness (QED) is 0.882. The van der Waals surface area contributed by atoms with E-state index in [1.165, 1.54) is 12.1 Å². The first-order valence-corrected chi connectivity index (χ1v) is 5.54. The van der Waals surface area contributed by atoms with Crippen molar-refractivity contribution in [2.45, 2.75) is 12.6 Å². The fourth-order valence-corrected chi connectivity index (χ4v) is 1.60. The summed E-state index contributed by atoms with van der Waals surface area (Å²) < 4.78 is 37.0. The Morgan fingerprint density at radius 3 is 2.37 bits per heavy atom. The number of aromatic nitrogens is 1. The van der Waals surface area contributed by atoms with Crippen molar-refractivity contribution in [3.05, 3.63) is 53.9 Å². The zero-order valence-corrected chi connectivity index (χ0v) is 9.79. The van der Waals surface area contributed by atoms with Gasteiger partial charge in [0.25, 0.3) is 0 Å². The van der Waals surface area contributed by atoms with Crippen molar-refractivity contribution in [2.24, 2.45) is 0 Å². The number of hydrogen-bond acceptors (Lipinski definition) is 1. The molecule has 1 aromatic heterocycles. The van der Waals surface area contributed by atoms with Gasteiger partial charge in [0, 0.05) is 18.1 Å². The summed E-state index contributed by atoms with van der Waals surface area (Å²) in [5, 5.41) is 2.54. The van der Waals surface area contributed by atoms with Gasteiger partial charge < -0.3 is 10.3 Å². The predicted octanol–water partition coefficient (Wildman–Crippen LogP) is 3.21. The monoisotopic (exact) mass is 268 g/mol. The minimum absolute atomic E-state index is 0.171. The van der Waals surface area contributed by atoms with Gasteiger partial charge in [-0.05, 0) is 35.9 Å². The number of aromatic amines is 1. The Balaban J connectivity index is 1.98. The fourth-order valence-electron chi connectivity index (χ4n) is 1.60. The van der Waals surface area contributed by atoms with E-state index in [9.17, 15) is 18.0 Å². The van der Waals surface area contributed by atoms with Gasteiger partial charge in [0.2, 0.25) is 5.91 Å². The number of amides is 1. The molecule has 2 rings (SSSR count). The number of H-pyrrole nitrogens is 1. The van der Waals surface area contributed by atoms with Crippen LogP contribution >= 0.6 is 0 Å². The summed E-state index contributed by atoms with van der Waals surface area (Å²) in [5.41, 5.74) is 0.411. The number of halogens is 3. The predicted molar refractivity (Wildman–Crippen MR) is 64.6 cm³/mol. The number of benzene rings is 1. The number of anilines is 1. The minimum Gasteiger partial charge on any atom is -0.367 e. The largest absolute Gasteiger partial charge is 0.416 e. The maximum atomic E-state index is 12.3. The molecule has 0 atom stereocenters. The van der Waals surface area contributed by atoms with Crippen LogP contribution in [0.25, 0.3) is 0 Å². The third-order valence-corrected chi connectivity index (χ3v) is 2.52. The van der Waals surface area contributed by atoms with Crippen molar-refractivity contribution >= 4 is 11.6 Å². The number of nitrogens with one attached hydrogen (secondary N) is 2. The van der Waals surface area contributed by atoms with Crippen LogP contribution in [-0.2, 0) is 17.4 Å². The molecule has 1 aromatic carbocycles. The third-order valence-electron chi connectivity index (χ3n) is 2.52. The van der Waals surface area contributed by atoms with E-state index < -0.39 is 11.7 Å².